The molecule has 0 saturated heterocycles. The van der Waals surface area contributed by atoms with Crippen molar-refractivity contribution in [3.8, 4) is 0 Å². The molecule has 0 aliphatic rings. The molecule has 0 radical (unpaired) electrons. The van der Waals surface area contributed by atoms with Gasteiger partial charge in [0, 0.05) is 23.3 Å². The molecule has 0 saturated carbocycles. The van der Waals surface area contributed by atoms with E-state index in [9.17, 15) is 4.79 Å². The van der Waals surface area contributed by atoms with Crippen molar-refractivity contribution in [2.24, 2.45) is 0 Å². The van der Waals surface area contributed by atoms with Gasteiger partial charge < -0.3 is 4.90 Å². The Hall–Kier alpha value is -1.35. The van der Waals surface area contributed by atoms with Gasteiger partial charge >= 0.3 is 0 Å². The van der Waals surface area contributed by atoms with Crippen LogP contribution in [0.2, 0.25) is 0 Å². The molecule has 86 valence electrons. The minimum absolute atomic E-state index is 0.0516. The summed E-state index contributed by atoms with van der Waals surface area (Å²) in [7, 11) is 0. The van der Waals surface area contributed by atoms with E-state index in [4.69, 9.17) is 0 Å². The van der Waals surface area contributed by atoms with Gasteiger partial charge in [0.25, 0.3) is 5.91 Å². The van der Waals surface area contributed by atoms with Crippen molar-refractivity contribution in [3.05, 3.63) is 47.2 Å². The Bertz CT molecular complexity index is 371. The van der Waals surface area contributed by atoms with E-state index in [2.05, 4.69) is 20.1 Å². The van der Waals surface area contributed by atoms with E-state index in [1.54, 1.807) is 28.4 Å². The molecular weight excluding hydrogens is 218 g/mol. The lowest BCUT2D eigenvalue weighted by Crippen LogP contribution is -2.30. The summed E-state index contributed by atoms with van der Waals surface area (Å²) in [5, 5.41) is 1.92. The molecule has 0 fully saturated rings. The molecule has 0 aliphatic carbocycles. The lowest BCUT2D eigenvalue weighted by molar-refractivity contribution is 0.0791. The van der Waals surface area contributed by atoms with Crippen molar-refractivity contribution in [1.82, 2.24) is 4.90 Å². The molecule has 0 atom stereocenters. The second kappa shape index (κ2) is 6.28. The molecule has 3 heteroatoms. The van der Waals surface area contributed by atoms with Crippen LogP contribution < -0.4 is 0 Å². The molecule has 1 rings (SSSR count). The highest BCUT2D eigenvalue weighted by atomic mass is 32.1. The van der Waals surface area contributed by atoms with Crippen molar-refractivity contribution in [1.29, 1.82) is 0 Å². The zero-order valence-electron chi connectivity index (χ0n) is 9.61. The number of hydrogen-bond donors (Lipinski definition) is 0. The van der Waals surface area contributed by atoms with Crippen molar-refractivity contribution >= 4 is 17.2 Å². The van der Waals surface area contributed by atoms with Crippen LogP contribution in [0.25, 0.3) is 0 Å². The van der Waals surface area contributed by atoms with Crippen molar-refractivity contribution in [2.75, 3.05) is 13.1 Å². The first-order valence-corrected chi connectivity index (χ1v) is 6.19. The van der Waals surface area contributed by atoms with Gasteiger partial charge in [0.15, 0.2) is 0 Å². The fraction of sp³-hybridized carbons (Fsp3) is 0.308. The van der Waals surface area contributed by atoms with Gasteiger partial charge in [-0.1, -0.05) is 19.1 Å². The fourth-order valence-electron chi connectivity index (χ4n) is 1.41. The molecule has 2 nitrogen and oxygen atoms in total. The highest BCUT2D eigenvalue weighted by Gasteiger charge is 2.14. The first kappa shape index (κ1) is 12.7. The first-order chi connectivity index (χ1) is 7.72. The molecule has 1 heterocycles. The lowest BCUT2D eigenvalue weighted by atomic mass is 10.2. The molecule has 1 aromatic rings. The molecule has 1 amide bonds. The number of carbonyl (C=O) groups is 1. The van der Waals surface area contributed by atoms with E-state index in [0.29, 0.717) is 13.1 Å². The Kier molecular flexibility index (Phi) is 4.99. The second-order valence-corrected chi connectivity index (χ2v) is 4.44. The Labute approximate surface area is 101 Å². The SMILES string of the molecule is C=CCN(CC=C)C(=O)c1csc(CC)c1. The van der Waals surface area contributed by atoms with E-state index < -0.39 is 0 Å². The van der Waals surface area contributed by atoms with Gasteiger partial charge in [0.1, 0.15) is 0 Å². The van der Waals surface area contributed by atoms with Crippen molar-refractivity contribution < 1.29 is 4.79 Å². The van der Waals surface area contributed by atoms with E-state index in [0.717, 1.165) is 12.0 Å². The summed E-state index contributed by atoms with van der Waals surface area (Å²) in [6.07, 6.45) is 4.43. The van der Waals surface area contributed by atoms with Gasteiger partial charge in [0.05, 0.1) is 5.56 Å². The fourth-order valence-corrected chi connectivity index (χ4v) is 2.22. The van der Waals surface area contributed by atoms with Crippen molar-refractivity contribution in [2.45, 2.75) is 13.3 Å². The number of hydrogen-bond acceptors (Lipinski definition) is 2. The van der Waals surface area contributed by atoms with Gasteiger partial charge in [-0.2, -0.15) is 0 Å². The average molecular weight is 235 g/mol. The molecule has 0 spiro atoms. The summed E-state index contributed by atoms with van der Waals surface area (Å²) >= 11 is 1.63. The minimum Gasteiger partial charge on any atom is -0.331 e. The summed E-state index contributed by atoms with van der Waals surface area (Å²) in [6.45, 7) is 10.5. The third-order valence-electron chi connectivity index (χ3n) is 2.24. The standard InChI is InChI=1S/C13H17NOS/c1-4-7-14(8-5-2)13(15)11-9-12(6-3)16-10-11/h4-5,9-10H,1-2,6-8H2,3H3. The monoisotopic (exact) mass is 235 g/mol. The van der Waals surface area contributed by atoms with Gasteiger partial charge in [0.2, 0.25) is 0 Å². The molecule has 0 bridgehead atoms. The topological polar surface area (TPSA) is 20.3 Å². The van der Waals surface area contributed by atoms with E-state index in [-0.39, 0.29) is 5.91 Å². The Morgan fingerprint density at radius 1 is 1.44 bits per heavy atom. The minimum atomic E-state index is 0.0516. The van der Waals surface area contributed by atoms with E-state index >= 15 is 0 Å². The molecule has 1 aromatic heterocycles. The first-order valence-electron chi connectivity index (χ1n) is 5.31. The number of aryl methyl sites for hydroxylation is 1. The number of carbonyl (C=O) groups excluding carboxylic acids is 1. The maximum Gasteiger partial charge on any atom is 0.255 e. The van der Waals surface area contributed by atoms with Crippen LogP contribution in [0.3, 0.4) is 0 Å². The number of thiophene rings is 1. The molecule has 0 aromatic carbocycles. The average Bonchev–Trinajstić information content (AvgIpc) is 2.76. The number of amides is 1. The van der Waals surface area contributed by atoms with Crippen molar-refractivity contribution in [3.63, 3.8) is 0 Å². The van der Waals surface area contributed by atoms with Crippen LogP contribution in [-0.2, 0) is 6.42 Å². The van der Waals surface area contributed by atoms with Crippen LogP contribution in [0, 0.1) is 0 Å². The van der Waals surface area contributed by atoms with E-state index in [1.807, 2.05) is 11.4 Å². The normalized spacial score (nSPS) is 9.81. The van der Waals surface area contributed by atoms with Gasteiger partial charge in [-0.25, -0.2) is 0 Å². The zero-order valence-corrected chi connectivity index (χ0v) is 10.4. The summed E-state index contributed by atoms with van der Waals surface area (Å²) in [4.78, 5) is 15.1. The third-order valence-corrected chi connectivity index (χ3v) is 3.32. The molecular formula is C13H17NOS. The van der Waals surface area contributed by atoms with Crippen LogP contribution in [0.4, 0.5) is 0 Å². The van der Waals surface area contributed by atoms with Crippen LogP contribution in [0.5, 0.6) is 0 Å². The lowest BCUT2D eigenvalue weighted by Gasteiger charge is -2.18. The third kappa shape index (κ3) is 3.07. The Morgan fingerprint density at radius 2 is 2.06 bits per heavy atom. The quantitative estimate of drug-likeness (QED) is 0.694. The maximum atomic E-state index is 12.1. The summed E-state index contributed by atoms with van der Waals surface area (Å²) in [5.74, 6) is 0.0516. The highest BCUT2D eigenvalue weighted by molar-refractivity contribution is 7.10. The zero-order chi connectivity index (χ0) is 12.0. The summed E-state index contributed by atoms with van der Waals surface area (Å²) in [6, 6.07) is 1.96. The Balaban J connectivity index is 2.80. The number of rotatable bonds is 6. The van der Waals surface area contributed by atoms with Gasteiger partial charge in [-0.05, 0) is 12.5 Å². The number of nitrogens with zero attached hydrogens (tertiary/aromatic N) is 1. The van der Waals surface area contributed by atoms with Crippen LogP contribution in [0.15, 0.2) is 36.8 Å². The summed E-state index contributed by atoms with van der Waals surface area (Å²) in [5.41, 5.74) is 0.769. The Morgan fingerprint density at radius 3 is 2.50 bits per heavy atom. The molecule has 0 aliphatic heterocycles. The highest BCUT2D eigenvalue weighted by Crippen LogP contribution is 2.16. The van der Waals surface area contributed by atoms with Gasteiger partial charge in [-0.3, -0.25) is 4.79 Å². The maximum absolute atomic E-state index is 12.1. The second-order valence-electron chi connectivity index (χ2n) is 3.44. The van der Waals surface area contributed by atoms with Crippen LogP contribution in [-0.4, -0.2) is 23.9 Å². The molecule has 0 unspecified atom stereocenters. The van der Waals surface area contributed by atoms with Crippen LogP contribution >= 0.6 is 11.3 Å². The predicted molar refractivity (Wildman–Crippen MR) is 70.0 cm³/mol. The van der Waals surface area contributed by atoms with Crippen LogP contribution in [0.1, 0.15) is 22.2 Å². The van der Waals surface area contributed by atoms with Gasteiger partial charge in [-0.15, -0.1) is 24.5 Å². The van der Waals surface area contributed by atoms with E-state index in [1.165, 1.54) is 4.88 Å². The predicted octanol–water partition coefficient (Wildman–Crippen LogP) is 3.12. The summed E-state index contributed by atoms with van der Waals surface area (Å²) < 4.78 is 0. The molecule has 16 heavy (non-hydrogen) atoms. The molecule has 0 N–H and O–H groups in total. The largest absolute Gasteiger partial charge is 0.331 e. The smallest absolute Gasteiger partial charge is 0.255 e.